The fourth-order valence-corrected chi connectivity index (χ4v) is 2.46. The third-order valence-corrected chi connectivity index (χ3v) is 3.14. The molecule has 0 unspecified atom stereocenters. The van der Waals surface area contributed by atoms with Crippen molar-refractivity contribution in [3.05, 3.63) is 0 Å². The molecule has 0 aromatic heterocycles. The SMILES string of the molecule is CC(C)C[C@@H](CO)N[C@@H]1CC[C@@H](C)C1. The van der Waals surface area contributed by atoms with Gasteiger partial charge >= 0.3 is 0 Å². The van der Waals surface area contributed by atoms with E-state index in [1.54, 1.807) is 0 Å². The molecular weight excluding hydrogens is 174 g/mol. The molecule has 14 heavy (non-hydrogen) atoms. The monoisotopic (exact) mass is 199 g/mol. The number of rotatable bonds is 5. The molecule has 1 fully saturated rings. The van der Waals surface area contributed by atoms with Crippen LogP contribution in [-0.4, -0.2) is 23.8 Å². The van der Waals surface area contributed by atoms with Crippen molar-refractivity contribution >= 4 is 0 Å². The molecule has 0 aliphatic heterocycles. The van der Waals surface area contributed by atoms with Gasteiger partial charge in [-0.2, -0.15) is 0 Å². The van der Waals surface area contributed by atoms with Crippen LogP contribution in [0.3, 0.4) is 0 Å². The maximum Gasteiger partial charge on any atom is 0.0584 e. The lowest BCUT2D eigenvalue weighted by atomic mass is 10.0. The summed E-state index contributed by atoms with van der Waals surface area (Å²) in [5, 5.41) is 12.8. The number of hydrogen-bond acceptors (Lipinski definition) is 2. The van der Waals surface area contributed by atoms with E-state index in [-0.39, 0.29) is 6.61 Å². The number of aliphatic hydroxyl groups excluding tert-OH is 1. The lowest BCUT2D eigenvalue weighted by Crippen LogP contribution is -2.40. The Labute approximate surface area is 88.1 Å². The van der Waals surface area contributed by atoms with Crippen molar-refractivity contribution in [2.45, 2.75) is 58.5 Å². The first-order chi connectivity index (χ1) is 6.61. The lowest BCUT2D eigenvalue weighted by molar-refractivity contribution is 0.212. The van der Waals surface area contributed by atoms with Crippen LogP contribution in [-0.2, 0) is 0 Å². The summed E-state index contributed by atoms with van der Waals surface area (Å²) < 4.78 is 0. The molecule has 0 aromatic rings. The maximum atomic E-state index is 9.24. The Balaban J connectivity index is 2.26. The molecule has 0 aromatic carbocycles. The summed E-state index contributed by atoms with van der Waals surface area (Å²) in [5.41, 5.74) is 0. The Morgan fingerprint density at radius 2 is 2.07 bits per heavy atom. The average Bonchev–Trinajstić information content (AvgIpc) is 2.49. The summed E-state index contributed by atoms with van der Waals surface area (Å²) in [4.78, 5) is 0. The molecule has 2 heteroatoms. The van der Waals surface area contributed by atoms with Gasteiger partial charge in [-0.15, -0.1) is 0 Å². The minimum Gasteiger partial charge on any atom is -0.395 e. The Hall–Kier alpha value is -0.0800. The zero-order valence-corrected chi connectivity index (χ0v) is 9.79. The number of hydrogen-bond donors (Lipinski definition) is 2. The van der Waals surface area contributed by atoms with Crippen LogP contribution < -0.4 is 5.32 Å². The van der Waals surface area contributed by atoms with E-state index in [1.165, 1.54) is 19.3 Å². The molecule has 0 spiro atoms. The topological polar surface area (TPSA) is 32.3 Å². The first kappa shape index (κ1) is 12.0. The molecule has 1 aliphatic rings. The number of nitrogens with one attached hydrogen (secondary N) is 1. The molecule has 84 valence electrons. The van der Waals surface area contributed by atoms with Gasteiger partial charge in [0, 0.05) is 12.1 Å². The summed E-state index contributed by atoms with van der Waals surface area (Å²) >= 11 is 0. The van der Waals surface area contributed by atoms with Gasteiger partial charge in [-0.3, -0.25) is 0 Å². The van der Waals surface area contributed by atoms with E-state index in [9.17, 15) is 5.11 Å². The van der Waals surface area contributed by atoms with E-state index >= 15 is 0 Å². The van der Waals surface area contributed by atoms with Gasteiger partial charge < -0.3 is 10.4 Å². The molecule has 0 radical (unpaired) electrons. The van der Waals surface area contributed by atoms with Crippen LogP contribution in [0, 0.1) is 11.8 Å². The van der Waals surface area contributed by atoms with E-state index in [2.05, 4.69) is 26.1 Å². The molecule has 2 nitrogen and oxygen atoms in total. The van der Waals surface area contributed by atoms with Gasteiger partial charge in [0.1, 0.15) is 0 Å². The van der Waals surface area contributed by atoms with Crippen molar-refractivity contribution in [2.24, 2.45) is 11.8 Å². The molecule has 0 amide bonds. The van der Waals surface area contributed by atoms with Crippen LogP contribution >= 0.6 is 0 Å². The highest BCUT2D eigenvalue weighted by Crippen LogP contribution is 2.25. The van der Waals surface area contributed by atoms with Crippen LogP contribution in [0.4, 0.5) is 0 Å². The van der Waals surface area contributed by atoms with Crippen molar-refractivity contribution in [3.8, 4) is 0 Å². The first-order valence-electron chi connectivity index (χ1n) is 5.98. The van der Waals surface area contributed by atoms with Gasteiger partial charge in [-0.1, -0.05) is 20.8 Å². The quantitative estimate of drug-likeness (QED) is 0.711. The highest BCUT2D eigenvalue weighted by Gasteiger charge is 2.23. The second-order valence-electron chi connectivity index (χ2n) is 5.29. The third kappa shape index (κ3) is 3.97. The molecule has 1 saturated carbocycles. The zero-order chi connectivity index (χ0) is 10.6. The third-order valence-electron chi connectivity index (χ3n) is 3.14. The lowest BCUT2D eigenvalue weighted by Gasteiger charge is -2.22. The minimum absolute atomic E-state index is 0.281. The van der Waals surface area contributed by atoms with Crippen molar-refractivity contribution in [2.75, 3.05) is 6.61 Å². The van der Waals surface area contributed by atoms with Crippen LogP contribution in [0.25, 0.3) is 0 Å². The molecule has 2 N–H and O–H groups in total. The fraction of sp³-hybridized carbons (Fsp3) is 1.00. The summed E-state index contributed by atoms with van der Waals surface area (Å²) in [5.74, 6) is 1.53. The molecular formula is C12H25NO. The smallest absolute Gasteiger partial charge is 0.0584 e. The highest BCUT2D eigenvalue weighted by atomic mass is 16.3. The van der Waals surface area contributed by atoms with Crippen LogP contribution in [0.15, 0.2) is 0 Å². The summed E-state index contributed by atoms with van der Waals surface area (Å²) in [6.45, 7) is 7.02. The van der Waals surface area contributed by atoms with Crippen molar-refractivity contribution in [3.63, 3.8) is 0 Å². The minimum atomic E-state index is 0.281. The maximum absolute atomic E-state index is 9.24. The van der Waals surface area contributed by atoms with E-state index in [0.29, 0.717) is 18.0 Å². The largest absolute Gasteiger partial charge is 0.395 e. The summed E-state index contributed by atoms with van der Waals surface area (Å²) in [7, 11) is 0. The predicted molar refractivity (Wildman–Crippen MR) is 60.3 cm³/mol. The average molecular weight is 199 g/mol. The molecule has 0 bridgehead atoms. The number of aliphatic hydroxyl groups is 1. The van der Waals surface area contributed by atoms with E-state index in [1.807, 2.05) is 0 Å². The fourth-order valence-electron chi connectivity index (χ4n) is 2.46. The Morgan fingerprint density at radius 1 is 1.36 bits per heavy atom. The Bertz CT molecular complexity index is 158. The van der Waals surface area contributed by atoms with Crippen molar-refractivity contribution < 1.29 is 5.11 Å². The van der Waals surface area contributed by atoms with Crippen molar-refractivity contribution in [1.82, 2.24) is 5.32 Å². The first-order valence-corrected chi connectivity index (χ1v) is 5.98. The van der Waals surface area contributed by atoms with E-state index in [0.717, 1.165) is 12.3 Å². The summed E-state index contributed by atoms with van der Waals surface area (Å²) in [6, 6.07) is 0.964. The molecule has 0 saturated heterocycles. The van der Waals surface area contributed by atoms with Gasteiger partial charge in [0.2, 0.25) is 0 Å². The van der Waals surface area contributed by atoms with Gasteiger partial charge in [0.05, 0.1) is 6.61 Å². The predicted octanol–water partition coefficient (Wildman–Crippen LogP) is 2.17. The standard InChI is InChI=1S/C12H25NO/c1-9(2)6-12(8-14)13-11-5-4-10(3)7-11/h9-14H,4-8H2,1-3H3/t10-,11-,12+/m1/s1. The van der Waals surface area contributed by atoms with Crippen LogP contribution in [0.1, 0.15) is 46.5 Å². The highest BCUT2D eigenvalue weighted by molar-refractivity contribution is 4.81. The Morgan fingerprint density at radius 3 is 2.50 bits per heavy atom. The van der Waals surface area contributed by atoms with E-state index in [4.69, 9.17) is 0 Å². The zero-order valence-electron chi connectivity index (χ0n) is 9.79. The normalized spacial score (nSPS) is 29.8. The molecule has 0 heterocycles. The molecule has 3 atom stereocenters. The van der Waals surface area contributed by atoms with Crippen molar-refractivity contribution in [1.29, 1.82) is 0 Å². The Kier molecular flexibility index (Phi) is 4.90. The molecule has 1 aliphatic carbocycles. The van der Waals surface area contributed by atoms with Crippen LogP contribution in [0.5, 0.6) is 0 Å². The molecule has 1 rings (SSSR count). The van der Waals surface area contributed by atoms with Gasteiger partial charge in [-0.25, -0.2) is 0 Å². The summed E-state index contributed by atoms with van der Waals surface area (Å²) in [6.07, 6.45) is 5.00. The van der Waals surface area contributed by atoms with Gasteiger partial charge in [0.25, 0.3) is 0 Å². The second kappa shape index (κ2) is 5.72. The second-order valence-corrected chi connectivity index (χ2v) is 5.29. The van der Waals surface area contributed by atoms with Gasteiger partial charge in [0.15, 0.2) is 0 Å². The van der Waals surface area contributed by atoms with Crippen LogP contribution in [0.2, 0.25) is 0 Å². The van der Waals surface area contributed by atoms with E-state index < -0.39 is 0 Å². The van der Waals surface area contributed by atoms with Gasteiger partial charge in [-0.05, 0) is 37.5 Å².